The van der Waals surface area contributed by atoms with Gasteiger partial charge >= 0.3 is 0 Å². The van der Waals surface area contributed by atoms with Crippen molar-refractivity contribution in [3.63, 3.8) is 0 Å². The minimum atomic E-state index is -1.19. The van der Waals surface area contributed by atoms with E-state index < -0.39 is 35.1 Å². The monoisotopic (exact) mass is 510 g/mol. The van der Waals surface area contributed by atoms with E-state index in [9.17, 15) is 23.5 Å². The molecule has 164 valence electrons. The molecule has 0 saturated heterocycles. The van der Waals surface area contributed by atoms with E-state index in [0.29, 0.717) is 22.6 Å². The number of hydrogen-bond acceptors (Lipinski definition) is 5. The molecule has 2 aromatic heterocycles. The first-order valence-corrected chi connectivity index (χ1v) is 10.5. The number of furan rings is 1. The molecule has 33 heavy (non-hydrogen) atoms. The van der Waals surface area contributed by atoms with Crippen molar-refractivity contribution in [1.82, 2.24) is 4.98 Å². The van der Waals surface area contributed by atoms with Crippen LogP contribution in [-0.2, 0) is 4.79 Å². The predicted octanol–water partition coefficient (Wildman–Crippen LogP) is 5.65. The Hall–Kier alpha value is -3.85. The predicted molar refractivity (Wildman–Crippen MR) is 119 cm³/mol. The van der Waals surface area contributed by atoms with E-state index in [0.717, 1.165) is 21.5 Å². The fraction of sp³-hybridized carbons (Fsp3) is 0.0417. The molecule has 0 radical (unpaired) electrons. The third-order valence-electron chi connectivity index (χ3n) is 5.35. The highest BCUT2D eigenvalue weighted by Gasteiger charge is 2.46. The lowest BCUT2D eigenvalue weighted by molar-refractivity contribution is -0.117. The summed E-state index contributed by atoms with van der Waals surface area (Å²) >= 11 is 3.35. The molecular weight excluding hydrogens is 498 g/mol. The Morgan fingerprint density at radius 2 is 1.82 bits per heavy atom. The van der Waals surface area contributed by atoms with Gasteiger partial charge in [0.1, 0.15) is 17.2 Å². The van der Waals surface area contributed by atoms with Crippen molar-refractivity contribution in [2.75, 3.05) is 4.90 Å². The second kappa shape index (κ2) is 7.93. The van der Waals surface area contributed by atoms with E-state index >= 15 is 0 Å². The molecule has 1 N–H and O–H groups in total. The standard InChI is InChI=1S/C24H13BrF2N2O4/c25-14-1-4-18-13(9-14)10-19(33-18)22(30)20-21(12-5-7-28-8-6-12)29(24(32)23(20)31)17-3-2-15(26)11-16(17)27/h1-11,21,31H. The first-order valence-electron chi connectivity index (χ1n) is 9.70. The lowest BCUT2D eigenvalue weighted by Crippen LogP contribution is -2.31. The van der Waals surface area contributed by atoms with Crippen molar-refractivity contribution in [3.05, 3.63) is 106 Å². The Morgan fingerprint density at radius 1 is 1.06 bits per heavy atom. The lowest BCUT2D eigenvalue weighted by atomic mass is 9.95. The Bertz CT molecular complexity index is 1470. The summed E-state index contributed by atoms with van der Waals surface area (Å²) in [6.07, 6.45) is 2.88. The number of fused-ring (bicyclic) bond motifs is 1. The van der Waals surface area contributed by atoms with Gasteiger partial charge in [0, 0.05) is 28.3 Å². The molecule has 0 bridgehead atoms. The van der Waals surface area contributed by atoms with Gasteiger partial charge in [-0.05, 0) is 54.1 Å². The number of nitrogens with zero attached hydrogens (tertiary/aromatic N) is 2. The molecule has 5 rings (SSSR count). The Labute approximate surface area is 193 Å². The zero-order chi connectivity index (χ0) is 23.3. The van der Waals surface area contributed by atoms with Crippen molar-refractivity contribution in [2.24, 2.45) is 0 Å². The van der Waals surface area contributed by atoms with Gasteiger partial charge in [0.2, 0.25) is 5.78 Å². The van der Waals surface area contributed by atoms with Gasteiger partial charge in [-0.25, -0.2) is 8.78 Å². The van der Waals surface area contributed by atoms with Crippen molar-refractivity contribution in [1.29, 1.82) is 0 Å². The number of rotatable bonds is 4. The molecule has 3 heterocycles. The fourth-order valence-electron chi connectivity index (χ4n) is 3.88. The highest BCUT2D eigenvalue weighted by molar-refractivity contribution is 9.10. The van der Waals surface area contributed by atoms with Gasteiger partial charge in [0.05, 0.1) is 17.3 Å². The molecule has 1 unspecified atom stereocenters. The maximum absolute atomic E-state index is 14.7. The molecule has 9 heteroatoms. The summed E-state index contributed by atoms with van der Waals surface area (Å²) in [5, 5.41) is 11.4. The van der Waals surface area contributed by atoms with E-state index in [1.807, 2.05) is 0 Å². The molecule has 1 amide bonds. The third kappa shape index (κ3) is 3.50. The molecule has 6 nitrogen and oxygen atoms in total. The van der Waals surface area contributed by atoms with E-state index in [-0.39, 0.29) is 17.0 Å². The van der Waals surface area contributed by atoms with Gasteiger partial charge in [-0.3, -0.25) is 19.5 Å². The van der Waals surface area contributed by atoms with Crippen LogP contribution in [0.2, 0.25) is 0 Å². The number of carbonyl (C=O) groups is 2. The van der Waals surface area contributed by atoms with E-state index in [2.05, 4.69) is 20.9 Å². The molecule has 1 aliphatic rings. The third-order valence-corrected chi connectivity index (χ3v) is 5.84. The average molecular weight is 511 g/mol. The van der Waals surface area contributed by atoms with Crippen LogP contribution in [0, 0.1) is 11.6 Å². The van der Waals surface area contributed by atoms with Crippen molar-refractivity contribution < 1.29 is 27.9 Å². The van der Waals surface area contributed by atoms with Gasteiger partial charge in [-0.15, -0.1) is 0 Å². The molecule has 0 fully saturated rings. The van der Waals surface area contributed by atoms with E-state index in [1.165, 1.54) is 30.6 Å². The summed E-state index contributed by atoms with van der Waals surface area (Å²) in [4.78, 5) is 31.4. The molecule has 4 aromatic rings. The number of carbonyl (C=O) groups excluding carboxylic acids is 2. The lowest BCUT2D eigenvalue weighted by Gasteiger charge is -2.27. The summed E-state index contributed by atoms with van der Waals surface area (Å²) in [6.45, 7) is 0. The Balaban J connectivity index is 1.67. The Kier molecular flexibility index (Phi) is 5.05. The largest absolute Gasteiger partial charge is 0.503 e. The highest BCUT2D eigenvalue weighted by atomic mass is 79.9. The van der Waals surface area contributed by atoms with Crippen LogP contribution in [-0.4, -0.2) is 21.8 Å². The minimum absolute atomic E-state index is 0.0991. The zero-order valence-corrected chi connectivity index (χ0v) is 18.2. The van der Waals surface area contributed by atoms with Crippen molar-refractivity contribution >= 4 is 44.3 Å². The summed E-state index contributed by atoms with van der Waals surface area (Å²) in [6, 6.07) is 11.2. The maximum Gasteiger partial charge on any atom is 0.294 e. The second-order valence-electron chi connectivity index (χ2n) is 7.34. The maximum atomic E-state index is 14.7. The number of anilines is 1. The summed E-state index contributed by atoms with van der Waals surface area (Å²) in [5.41, 5.74) is 0.264. The number of pyridine rings is 1. The van der Waals surface area contributed by atoms with Gasteiger partial charge in [-0.1, -0.05) is 15.9 Å². The van der Waals surface area contributed by atoms with Crippen LogP contribution >= 0.6 is 15.9 Å². The van der Waals surface area contributed by atoms with Crippen LogP contribution in [0.15, 0.2) is 87.2 Å². The number of aromatic nitrogens is 1. The molecule has 0 saturated carbocycles. The quantitative estimate of drug-likeness (QED) is 0.358. The number of aliphatic hydroxyl groups is 1. The van der Waals surface area contributed by atoms with Gasteiger partial charge in [0.25, 0.3) is 5.91 Å². The zero-order valence-electron chi connectivity index (χ0n) is 16.6. The molecule has 2 aromatic carbocycles. The molecule has 1 aliphatic heterocycles. The molecule has 1 atom stereocenters. The van der Waals surface area contributed by atoms with Crippen LogP contribution < -0.4 is 4.90 Å². The number of ketones is 1. The number of halogens is 3. The molecule has 0 spiro atoms. The fourth-order valence-corrected chi connectivity index (χ4v) is 4.26. The number of hydrogen-bond donors (Lipinski definition) is 1. The first-order chi connectivity index (χ1) is 15.8. The topological polar surface area (TPSA) is 83.6 Å². The van der Waals surface area contributed by atoms with Crippen LogP contribution in [0.5, 0.6) is 0 Å². The summed E-state index contributed by atoms with van der Waals surface area (Å²) < 4.78 is 34.6. The van der Waals surface area contributed by atoms with E-state index in [1.54, 1.807) is 18.2 Å². The molecular formula is C24H13BrF2N2O4. The summed E-state index contributed by atoms with van der Waals surface area (Å²) in [5.74, 6) is -4.52. The number of Topliss-reactive ketones (excluding diaryl/α,β-unsaturated/α-hetero) is 1. The van der Waals surface area contributed by atoms with Gasteiger partial charge in [-0.2, -0.15) is 0 Å². The molecule has 0 aliphatic carbocycles. The first kappa shape index (κ1) is 21.0. The highest BCUT2D eigenvalue weighted by Crippen LogP contribution is 2.43. The van der Waals surface area contributed by atoms with E-state index in [4.69, 9.17) is 4.42 Å². The van der Waals surface area contributed by atoms with Crippen LogP contribution in [0.4, 0.5) is 14.5 Å². The van der Waals surface area contributed by atoms with Crippen molar-refractivity contribution in [3.8, 4) is 0 Å². The number of aliphatic hydroxyl groups excluding tert-OH is 1. The van der Waals surface area contributed by atoms with Crippen LogP contribution in [0.3, 0.4) is 0 Å². The van der Waals surface area contributed by atoms with Gasteiger partial charge < -0.3 is 9.52 Å². The minimum Gasteiger partial charge on any atom is -0.503 e. The van der Waals surface area contributed by atoms with Gasteiger partial charge in [0.15, 0.2) is 11.5 Å². The Morgan fingerprint density at radius 3 is 2.55 bits per heavy atom. The average Bonchev–Trinajstić information content (AvgIpc) is 3.33. The van der Waals surface area contributed by atoms with Crippen LogP contribution in [0.1, 0.15) is 22.2 Å². The summed E-state index contributed by atoms with van der Waals surface area (Å²) in [7, 11) is 0. The normalized spacial score (nSPS) is 16.2. The SMILES string of the molecule is O=C(C1=C(O)C(=O)N(c2ccc(F)cc2F)C1c1ccncc1)c1cc2cc(Br)ccc2o1. The number of benzene rings is 2. The second-order valence-corrected chi connectivity index (χ2v) is 8.25. The number of amides is 1. The smallest absolute Gasteiger partial charge is 0.294 e. The van der Waals surface area contributed by atoms with Crippen molar-refractivity contribution in [2.45, 2.75) is 6.04 Å². The van der Waals surface area contributed by atoms with Crippen LogP contribution in [0.25, 0.3) is 11.0 Å².